The minimum absolute atomic E-state index is 0.542. The van der Waals surface area contributed by atoms with Crippen LogP contribution in [0.4, 0.5) is 0 Å². The number of hydrogen-bond acceptors (Lipinski definition) is 0. The third-order valence-corrected chi connectivity index (χ3v) is 23.5. The van der Waals surface area contributed by atoms with Gasteiger partial charge in [-0.05, 0) is 148 Å². The first-order valence-electron chi connectivity index (χ1n) is 38.9. The number of hydrogen-bond donors (Lipinski definition) is 0. The highest BCUT2D eigenvalue weighted by atomic mass is 14.5. The van der Waals surface area contributed by atoms with Gasteiger partial charge in [-0.15, -0.1) is 0 Å². The van der Waals surface area contributed by atoms with E-state index in [4.69, 9.17) is 0 Å². The summed E-state index contributed by atoms with van der Waals surface area (Å²) < 4.78 is 0. The van der Waals surface area contributed by atoms with E-state index >= 15 is 0 Å². The minimum atomic E-state index is 0.542. The Morgan fingerprint density at radius 1 is 0.381 bits per heavy atom. The van der Waals surface area contributed by atoms with Crippen molar-refractivity contribution in [3.63, 3.8) is 0 Å². The van der Waals surface area contributed by atoms with Crippen LogP contribution < -0.4 is 0 Å². The van der Waals surface area contributed by atoms with E-state index in [0.717, 1.165) is 94.7 Å². The van der Waals surface area contributed by atoms with Gasteiger partial charge in [0.15, 0.2) is 0 Å². The van der Waals surface area contributed by atoms with Crippen LogP contribution in [0.5, 0.6) is 0 Å². The first-order chi connectivity index (χ1) is 38.9. The molecule has 0 spiro atoms. The maximum atomic E-state index is 2.40. The first-order valence-corrected chi connectivity index (χ1v) is 38.9. The molecule has 0 aromatic carbocycles. The largest absolute Gasteiger partial charge is 0.0654 e. The SMILES string of the molecule is CC1C(C)(C)CCC1(C)C.CC1CC(C)C(C)C1.CC1CCC(C)C1C.CC1CCCCC1.CC1CCC[C@H]1C.CCC(C)(C)C.CCC(C)CC.CCC1CCC1.CCCC(C)C.CCCC(C)C.CCCC1CC1.C[C@@H]1CCCC1(C)C. The summed E-state index contributed by atoms with van der Waals surface area (Å²) in [4.78, 5) is 0. The molecular weight excluding hydrogens is 1010 g/mol. The third kappa shape index (κ3) is 51.7. The molecule has 8 aliphatic rings. The van der Waals surface area contributed by atoms with Crippen LogP contribution in [-0.4, -0.2) is 0 Å². The Morgan fingerprint density at radius 3 is 0.881 bits per heavy atom. The smallest absolute Gasteiger partial charge is 0.0323 e. The molecule has 0 nitrogen and oxygen atoms in total. The molecule has 84 heavy (non-hydrogen) atoms. The third-order valence-electron chi connectivity index (χ3n) is 23.5. The Morgan fingerprint density at radius 2 is 0.786 bits per heavy atom. The van der Waals surface area contributed by atoms with E-state index in [9.17, 15) is 0 Å². The fraction of sp³-hybridized carbons (Fsp3) is 1.00. The van der Waals surface area contributed by atoms with Crippen molar-refractivity contribution in [2.75, 3.05) is 0 Å². The molecule has 512 valence electrons. The second-order valence-corrected chi connectivity index (χ2v) is 35.2. The molecule has 0 amide bonds. The molecule has 7 atom stereocenters. The van der Waals surface area contributed by atoms with Crippen LogP contribution in [0.2, 0.25) is 0 Å². The Kier molecular flexibility index (Phi) is 55.5. The summed E-state index contributed by atoms with van der Waals surface area (Å²) in [5, 5.41) is 0. The van der Waals surface area contributed by atoms with Gasteiger partial charge in [-0.25, -0.2) is 0 Å². The van der Waals surface area contributed by atoms with Crippen molar-refractivity contribution >= 4 is 0 Å². The summed E-state index contributed by atoms with van der Waals surface area (Å²) in [5.41, 5.74) is 2.37. The molecule has 0 bridgehead atoms. The quantitative estimate of drug-likeness (QED) is 0.216. The Labute approximate surface area is 540 Å². The lowest BCUT2D eigenvalue weighted by Crippen LogP contribution is -2.24. The van der Waals surface area contributed by atoms with E-state index in [0.29, 0.717) is 21.7 Å². The molecule has 0 heteroatoms. The monoisotopic (exact) mass is 1190 g/mol. The van der Waals surface area contributed by atoms with Crippen LogP contribution in [0.1, 0.15) is 427 Å². The molecule has 8 aliphatic carbocycles. The van der Waals surface area contributed by atoms with Crippen molar-refractivity contribution in [2.24, 2.45) is 116 Å². The zero-order chi connectivity index (χ0) is 65.9. The lowest BCUT2D eigenvalue weighted by molar-refractivity contribution is 0.179. The van der Waals surface area contributed by atoms with Gasteiger partial charge in [0.05, 0.1) is 0 Å². The Balaban J connectivity index is -0.000000417. The topological polar surface area (TPSA) is 0 Å². The van der Waals surface area contributed by atoms with Crippen LogP contribution in [0.15, 0.2) is 0 Å². The summed E-state index contributed by atoms with van der Waals surface area (Å²) in [7, 11) is 0. The van der Waals surface area contributed by atoms with E-state index in [2.05, 4.69) is 222 Å². The predicted molar refractivity (Wildman–Crippen MR) is 395 cm³/mol. The van der Waals surface area contributed by atoms with Gasteiger partial charge in [0.2, 0.25) is 0 Å². The van der Waals surface area contributed by atoms with Crippen LogP contribution in [0, 0.1) is 116 Å². The normalized spacial score (nSPS) is 28.0. The van der Waals surface area contributed by atoms with E-state index in [1.807, 2.05) is 0 Å². The van der Waals surface area contributed by atoms with Crippen LogP contribution in [-0.2, 0) is 0 Å². The zero-order valence-electron chi connectivity index (χ0n) is 65.9. The van der Waals surface area contributed by atoms with E-state index in [-0.39, 0.29) is 0 Å². The van der Waals surface area contributed by atoms with Crippen molar-refractivity contribution in [3.05, 3.63) is 0 Å². The molecule has 8 saturated carbocycles. The summed E-state index contributed by atoms with van der Waals surface area (Å²) in [6.45, 7) is 74.1. The summed E-state index contributed by atoms with van der Waals surface area (Å²) in [5.74, 6) is 15.8. The number of rotatable bonds is 9. The van der Waals surface area contributed by atoms with Crippen molar-refractivity contribution in [1.82, 2.24) is 0 Å². The molecule has 8 rings (SSSR count). The van der Waals surface area contributed by atoms with Gasteiger partial charge in [0.1, 0.15) is 0 Å². The molecule has 0 radical (unpaired) electrons. The van der Waals surface area contributed by atoms with Gasteiger partial charge in [0.25, 0.3) is 0 Å². The Hall–Kier alpha value is 0. The molecule has 0 aromatic rings. The summed E-state index contributed by atoms with van der Waals surface area (Å²) in [6.07, 6.45) is 46.1. The highest BCUT2D eigenvalue weighted by Crippen LogP contribution is 2.53. The van der Waals surface area contributed by atoms with Crippen molar-refractivity contribution in [3.8, 4) is 0 Å². The molecule has 0 aromatic heterocycles. The fourth-order valence-corrected chi connectivity index (χ4v) is 12.9. The van der Waals surface area contributed by atoms with Crippen molar-refractivity contribution in [2.45, 2.75) is 427 Å². The van der Waals surface area contributed by atoms with E-state index < -0.39 is 0 Å². The molecule has 0 aliphatic heterocycles. The standard InChI is InChI=1S/C10H20.3C8H16.2C7H14.2C6H12.4C6H14/c1-8-9(2,3)6-7-10(8,4)5;1-6-4-7(2)8(3)5-6;1-7-5-4-6-8(7,2)3;1-6-4-5-7(2)8(6)3;1-6-4-3-5-7(6)2;1-7-5-3-2-4-6-7;1-2-6-4-3-5-6;1-2-3-6-4-5-6;1-5-6(2,3)4;2*1-4-5-6(2)3;1-4-6(3)5-2/h8H,6-7H2,1-5H3;6-8H,4-5H2,1-3H3;7H,4-6H2,1-3H3;6-8H,4-5H2,1-3H3;6-7H,3-5H2,1-2H3;7H,2-6H2,1H3;2*6H,2-5H2,1H3;5H2,1-4H3;3*6H,4-5H2,1-3H3/t;;7-;;6-,7?;;;;;;;/m..1.1......./s1. The second kappa shape index (κ2) is 51.6. The Bertz CT molecular complexity index is 1280. The maximum Gasteiger partial charge on any atom is -0.0323 e. The van der Waals surface area contributed by atoms with Crippen molar-refractivity contribution in [1.29, 1.82) is 0 Å². The van der Waals surface area contributed by atoms with Gasteiger partial charge < -0.3 is 0 Å². The molecule has 8 fully saturated rings. The van der Waals surface area contributed by atoms with Crippen LogP contribution >= 0.6 is 0 Å². The molecule has 0 heterocycles. The highest BCUT2D eigenvalue weighted by Gasteiger charge is 2.43. The zero-order valence-corrected chi connectivity index (χ0v) is 65.9. The van der Waals surface area contributed by atoms with Gasteiger partial charge >= 0.3 is 0 Å². The van der Waals surface area contributed by atoms with E-state index in [1.165, 1.54) is 205 Å². The van der Waals surface area contributed by atoms with E-state index in [1.54, 1.807) is 0 Å². The van der Waals surface area contributed by atoms with Crippen LogP contribution in [0.25, 0.3) is 0 Å². The summed E-state index contributed by atoms with van der Waals surface area (Å²) >= 11 is 0. The summed E-state index contributed by atoms with van der Waals surface area (Å²) in [6, 6.07) is 0. The van der Waals surface area contributed by atoms with Gasteiger partial charge in [0, 0.05) is 0 Å². The molecule has 0 N–H and O–H groups in total. The second-order valence-electron chi connectivity index (χ2n) is 35.2. The lowest BCUT2D eigenvalue weighted by Gasteiger charge is -2.31. The van der Waals surface area contributed by atoms with Crippen molar-refractivity contribution < 1.29 is 0 Å². The predicted octanol–water partition coefficient (Wildman–Crippen LogP) is 30.9. The van der Waals surface area contributed by atoms with Gasteiger partial charge in [-0.1, -0.05) is 395 Å². The average Bonchev–Trinajstić information content (AvgIpc) is 3.88. The molecular formula is C84H176. The molecule has 5 unspecified atom stereocenters. The average molecular weight is 1190 g/mol. The maximum absolute atomic E-state index is 2.40. The van der Waals surface area contributed by atoms with Gasteiger partial charge in [-0.3, -0.25) is 0 Å². The highest BCUT2D eigenvalue weighted by molar-refractivity contribution is 4.93. The molecule has 0 saturated heterocycles. The first kappa shape index (κ1) is 90.4. The van der Waals surface area contributed by atoms with Crippen LogP contribution in [0.3, 0.4) is 0 Å². The fourth-order valence-electron chi connectivity index (χ4n) is 12.9. The lowest BCUT2D eigenvalue weighted by atomic mass is 9.74. The minimum Gasteiger partial charge on any atom is -0.0654 e. The van der Waals surface area contributed by atoms with Gasteiger partial charge in [-0.2, -0.15) is 0 Å².